The molecule has 2 N–H and O–H groups in total. The Kier molecular flexibility index (Phi) is 6.54. The van der Waals surface area contributed by atoms with Crippen molar-refractivity contribution in [3.8, 4) is 11.5 Å². The number of aryl methyl sites for hydroxylation is 1. The first-order chi connectivity index (χ1) is 14.8. The Morgan fingerprint density at radius 1 is 1.00 bits per heavy atom. The molecule has 0 radical (unpaired) electrons. The Morgan fingerprint density at radius 2 is 1.77 bits per heavy atom. The minimum absolute atomic E-state index is 0.106. The third-order valence-corrected chi connectivity index (χ3v) is 5.03. The predicted octanol–water partition coefficient (Wildman–Crippen LogP) is 3.11. The molecule has 0 atom stereocenters. The third-order valence-electron chi connectivity index (χ3n) is 5.03. The van der Waals surface area contributed by atoms with Crippen LogP contribution in [0.2, 0.25) is 0 Å². The molecule has 0 bridgehead atoms. The highest BCUT2D eigenvalue weighted by molar-refractivity contribution is 6.04. The minimum atomic E-state index is -0.380. The molecule has 31 heavy (non-hydrogen) atoms. The molecule has 1 heterocycles. The molecule has 0 aliphatic carbocycles. The molecule has 1 aromatic heterocycles. The van der Waals surface area contributed by atoms with Gasteiger partial charge in [-0.05, 0) is 50.1 Å². The van der Waals surface area contributed by atoms with Crippen LogP contribution < -0.4 is 20.1 Å². The molecule has 0 unspecified atom stereocenters. The Labute approximate surface area is 180 Å². The summed E-state index contributed by atoms with van der Waals surface area (Å²) in [6.45, 7) is 5.50. The number of hydrogen-bond acceptors (Lipinski definition) is 6. The quantitative estimate of drug-likeness (QED) is 0.605. The number of carbonyl (C=O) groups excluding carboxylic acids is 2. The van der Waals surface area contributed by atoms with Crippen LogP contribution in [0.25, 0.3) is 0 Å². The van der Waals surface area contributed by atoms with Gasteiger partial charge < -0.3 is 20.1 Å². The number of aromatic nitrogens is 3. The molecule has 2 amide bonds. The summed E-state index contributed by atoms with van der Waals surface area (Å²) in [4.78, 5) is 25.2. The largest absolute Gasteiger partial charge is 0.497 e. The first kappa shape index (κ1) is 21.8. The van der Waals surface area contributed by atoms with Crippen molar-refractivity contribution in [1.29, 1.82) is 0 Å². The Balaban J connectivity index is 1.71. The second kappa shape index (κ2) is 9.29. The van der Waals surface area contributed by atoms with Gasteiger partial charge in [0.05, 0.1) is 25.6 Å². The maximum absolute atomic E-state index is 12.7. The van der Waals surface area contributed by atoms with Crippen LogP contribution in [0, 0.1) is 20.8 Å². The number of carbonyl (C=O) groups is 2. The number of methoxy groups -OCH3 is 2. The van der Waals surface area contributed by atoms with E-state index in [0.29, 0.717) is 28.6 Å². The van der Waals surface area contributed by atoms with E-state index >= 15 is 0 Å². The second-order valence-electron chi connectivity index (χ2n) is 7.00. The van der Waals surface area contributed by atoms with Crippen molar-refractivity contribution in [2.45, 2.75) is 27.3 Å². The number of anilines is 2. The summed E-state index contributed by atoms with van der Waals surface area (Å²) in [5.74, 6) is 0.366. The Hall–Kier alpha value is -3.88. The second-order valence-corrected chi connectivity index (χ2v) is 7.00. The number of nitrogens with zero attached hydrogens (tertiary/aromatic N) is 3. The zero-order valence-corrected chi connectivity index (χ0v) is 18.1. The van der Waals surface area contributed by atoms with E-state index in [9.17, 15) is 9.59 Å². The van der Waals surface area contributed by atoms with Gasteiger partial charge in [-0.25, -0.2) is 4.68 Å². The van der Waals surface area contributed by atoms with Crippen molar-refractivity contribution < 1.29 is 19.1 Å². The Morgan fingerprint density at radius 3 is 2.48 bits per heavy atom. The zero-order valence-electron chi connectivity index (χ0n) is 18.1. The van der Waals surface area contributed by atoms with E-state index < -0.39 is 0 Å². The van der Waals surface area contributed by atoms with Gasteiger partial charge in [0.1, 0.15) is 18.0 Å². The predicted molar refractivity (Wildman–Crippen MR) is 117 cm³/mol. The summed E-state index contributed by atoms with van der Waals surface area (Å²) in [6.07, 6.45) is 0. The fraction of sp³-hybridized carbons (Fsp3) is 0.273. The maximum atomic E-state index is 12.7. The number of ether oxygens (including phenoxy) is 2. The van der Waals surface area contributed by atoms with Crippen LogP contribution in [-0.4, -0.2) is 41.0 Å². The summed E-state index contributed by atoms with van der Waals surface area (Å²) >= 11 is 0. The normalized spacial score (nSPS) is 10.5. The number of rotatable bonds is 7. The van der Waals surface area contributed by atoms with Gasteiger partial charge in [-0.3, -0.25) is 9.59 Å². The minimum Gasteiger partial charge on any atom is -0.497 e. The summed E-state index contributed by atoms with van der Waals surface area (Å²) < 4.78 is 11.8. The molecule has 3 aromatic rings. The number of benzene rings is 2. The van der Waals surface area contributed by atoms with Gasteiger partial charge in [-0.15, -0.1) is 5.10 Å². The van der Waals surface area contributed by atoms with Gasteiger partial charge in [0, 0.05) is 11.8 Å². The average molecular weight is 423 g/mol. The fourth-order valence-corrected chi connectivity index (χ4v) is 3.02. The van der Waals surface area contributed by atoms with Crippen molar-refractivity contribution in [1.82, 2.24) is 15.0 Å². The van der Waals surface area contributed by atoms with Crippen LogP contribution in [0.15, 0.2) is 36.4 Å². The average Bonchev–Trinajstić information content (AvgIpc) is 3.11. The van der Waals surface area contributed by atoms with Gasteiger partial charge in [-0.1, -0.05) is 17.3 Å². The Bertz CT molecular complexity index is 1120. The van der Waals surface area contributed by atoms with Crippen molar-refractivity contribution >= 4 is 23.2 Å². The van der Waals surface area contributed by atoms with Crippen LogP contribution in [-0.2, 0) is 11.3 Å². The molecule has 3 rings (SSSR count). The van der Waals surface area contributed by atoms with Crippen molar-refractivity contribution in [2.24, 2.45) is 0 Å². The number of nitrogens with one attached hydrogen (secondary N) is 2. The van der Waals surface area contributed by atoms with Crippen molar-refractivity contribution in [3.05, 3.63) is 58.9 Å². The highest BCUT2D eigenvalue weighted by Crippen LogP contribution is 2.29. The topological polar surface area (TPSA) is 107 Å². The molecule has 2 aromatic carbocycles. The maximum Gasteiger partial charge on any atom is 0.278 e. The lowest BCUT2D eigenvalue weighted by Gasteiger charge is -2.12. The van der Waals surface area contributed by atoms with Crippen LogP contribution in [0.4, 0.5) is 11.4 Å². The third kappa shape index (κ3) is 4.82. The molecule has 0 saturated heterocycles. The van der Waals surface area contributed by atoms with E-state index in [2.05, 4.69) is 20.9 Å². The molecule has 9 nitrogen and oxygen atoms in total. The summed E-state index contributed by atoms with van der Waals surface area (Å²) in [7, 11) is 3.06. The number of amides is 2. The monoisotopic (exact) mass is 423 g/mol. The first-order valence-corrected chi connectivity index (χ1v) is 9.63. The zero-order chi connectivity index (χ0) is 22.5. The van der Waals surface area contributed by atoms with Crippen LogP contribution in [0.1, 0.15) is 27.3 Å². The molecular formula is C22H25N5O4. The lowest BCUT2D eigenvalue weighted by molar-refractivity contribution is -0.117. The molecule has 9 heteroatoms. The van der Waals surface area contributed by atoms with E-state index in [1.807, 2.05) is 32.0 Å². The van der Waals surface area contributed by atoms with Gasteiger partial charge in [0.15, 0.2) is 5.69 Å². The molecule has 0 aliphatic heterocycles. The lowest BCUT2D eigenvalue weighted by atomic mass is 10.1. The van der Waals surface area contributed by atoms with Crippen molar-refractivity contribution in [2.75, 3.05) is 24.9 Å². The van der Waals surface area contributed by atoms with E-state index in [1.165, 1.54) is 11.8 Å². The van der Waals surface area contributed by atoms with E-state index in [1.54, 1.807) is 32.2 Å². The first-order valence-electron chi connectivity index (χ1n) is 9.63. The lowest BCUT2D eigenvalue weighted by Crippen LogP contribution is -2.21. The standard InChI is InChI=1S/C22H25N5O4/c1-13-7-6-8-17(14(13)2)24-22(29)21-15(3)27(26-25-21)12-20(28)23-18-10-9-16(30-4)11-19(18)31-5/h6-11H,12H2,1-5H3,(H,23,28)(H,24,29). The van der Waals surface area contributed by atoms with E-state index in [-0.39, 0.29) is 24.1 Å². The van der Waals surface area contributed by atoms with E-state index in [4.69, 9.17) is 9.47 Å². The highest BCUT2D eigenvalue weighted by Gasteiger charge is 2.19. The highest BCUT2D eigenvalue weighted by atomic mass is 16.5. The van der Waals surface area contributed by atoms with Crippen molar-refractivity contribution in [3.63, 3.8) is 0 Å². The smallest absolute Gasteiger partial charge is 0.278 e. The van der Waals surface area contributed by atoms with Gasteiger partial charge in [0.25, 0.3) is 5.91 Å². The van der Waals surface area contributed by atoms with Crippen LogP contribution in [0.5, 0.6) is 11.5 Å². The summed E-state index contributed by atoms with van der Waals surface area (Å²) in [5, 5.41) is 13.6. The van der Waals surface area contributed by atoms with Gasteiger partial charge >= 0.3 is 0 Å². The van der Waals surface area contributed by atoms with Crippen LogP contribution in [0.3, 0.4) is 0 Å². The van der Waals surface area contributed by atoms with Crippen LogP contribution >= 0.6 is 0 Å². The molecule has 0 fully saturated rings. The SMILES string of the molecule is COc1ccc(NC(=O)Cn2nnc(C(=O)Nc3cccc(C)c3C)c2C)c(OC)c1. The molecule has 162 valence electrons. The number of hydrogen-bond donors (Lipinski definition) is 2. The van der Waals surface area contributed by atoms with E-state index in [0.717, 1.165) is 11.1 Å². The molecular weight excluding hydrogens is 398 g/mol. The molecule has 0 aliphatic rings. The van der Waals surface area contributed by atoms with Gasteiger partial charge in [-0.2, -0.15) is 0 Å². The molecule has 0 spiro atoms. The van der Waals surface area contributed by atoms with Gasteiger partial charge in [0.2, 0.25) is 5.91 Å². The molecule has 0 saturated carbocycles. The fourth-order valence-electron chi connectivity index (χ4n) is 3.02. The summed E-state index contributed by atoms with van der Waals surface area (Å²) in [5.41, 5.74) is 3.91. The summed E-state index contributed by atoms with van der Waals surface area (Å²) in [6, 6.07) is 10.8.